The molecule has 21 heavy (non-hydrogen) atoms. The predicted octanol–water partition coefficient (Wildman–Crippen LogP) is 2.97. The molecule has 0 aliphatic rings. The van der Waals surface area contributed by atoms with Crippen LogP contribution in [0.2, 0.25) is 0 Å². The number of halogens is 3. The summed E-state index contributed by atoms with van der Waals surface area (Å²) in [7, 11) is 0. The molecule has 0 aliphatic carbocycles. The van der Waals surface area contributed by atoms with Gasteiger partial charge in [-0.2, -0.15) is 13.2 Å². The van der Waals surface area contributed by atoms with Crippen molar-refractivity contribution < 1.29 is 22.7 Å². The van der Waals surface area contributed by atoms with Crippen molar-refractivity contribution in [3.63, 3.8) is 0 Å². The number of carbonyl (C=O) groups excluding carboxylic acids is 1. The molecule has 0 saturated carbocycles. The first-order chi connectivity index (χ1) is 9.75. The van der Waals surface area contributed by atoms with Gasteiger partial charge in [0, 0.05) is 6.54 Å². The number of nitrogens with two attached hydrogens (primary N) is 1. The highest BCUT2D eigenvalue weighted by Crippen LogP contribution is 2.33. The number of alkyl halides is 3. The summed E-state index contributed by atoms with van der Waals surface area (Å²) >= 11 is 0. The first-order valence-electron chi connectivity index (χ1n) is 6.66. The van der Waals surface area contributed by atoms with E-state index in [2.05, 4.69) is 5.32 Å². The molecular formula is C14H19F3N2O2. The number of ether oxygens (including phenoxy) is 1. The minimum absolute atomic E-state index is 0.0566. The lowest BCUT2D eigenvalue weighted by atomic mass is 10.2. The minimum Gasteiger partial charge on any atom is -0.479 e. The third-order valence-electron chi connectivity index (χ3n) is 2.84. The van der Waals surface area contributed by atoms with Gasteiger partial charge in [-0.25, -0.2) is 0 Å². The zero-order valence-electron chi connectivity index (χ0n) is 12.0. The van der Waals surface area contributed by atoms with Crippen LogP contribution in [0.4, 0.5) is 18.9 Å². The zero-order valence-corrected chi connectivity index (χ0v) is 12.0. The summed E-state index contributed by atoms with van der Waals surface area (Å²) in [5.74, 6) is -0.274. The molecule has 1 unspecified atom stereocenters. The number of carbonyl (C=O) groups is 1. The molecule has 0 aromatic heterocycles. The Bertz CT molecular complexity index is 490. The highest BCUT2D eigenvalue weighted by Gasteiger charge is 2.31. The standard InChI is InChI=1S/C14H19F3N2O2/c1-3-4-7-19-13(20)9(2)21-12-6-5-10(8-11(12)18)14(15,16)17/h5-6,8-9H,3-4,7,18H2,1-2H3,(H,19,20). The molecule has 4 nitrogen and oxygen atoms in total. The third kappa shape index (κ3) is 5.17. The molecule has 1 aromatic rings. The fraction of sp³-hybridized carbons (Fsp3) is 0.500. The Morgan fingerprint density at radius 2 is 2.10 bits per heavy atom. The van der Waals surface area contributed by atoms with Crippen molar-refractivity contribution in [2.75, 3.05) is 12.3 Å². The number of benzene rings is 1. The molecular weight excluding hydrogens is 285 g/mol. The van der Waals surface area contributed by atoms with Gasteiger partial charge in [0.1, 0.15) is 5.75 Å². The Hall–Kier alpha value is -1.92. The number of nitrogen functional groups attached to an aromatic ring is 1. The second kappa shape index (κ2) is 7.19. The van der Waals surface area contributed by atoms with E-state index in [0.717, 1.165) is 31.0 Å². The Balaban J connectivity index is 2.68. The van der Waals surface area contributed by atoms with Gasteiger partial charge in [-0.3, -0.25) is 4.79 Å². The Morgan fingerprint density at radius 3 is 2.62 bits per heavy atom. The van der Waals surface area contributed by atoms with Crippen LogP contribution in [0.3, 0.4) is 0 Å². The molecule has 118 valence electrons. The van der Waals surface area contributed by atoms with Crippen molar-refractivity contribution in [3.05, 3.63) is 23.8 Å². The number of hydrogen-bond donors (Lipinski definition) is 2. The van der Waals surface area contributed by atoms with Crippen LogP contribution < -0.4 is 15.8 Å². The molecule has 1 atom stereocenters. The first-order valence-corrected chi connectivity index (χ1v) is 6.66. The smallest absolute Gasteiger partial charge is 0.416 e. The molecule has 1 rings (SSSR count). The van der Waals surface area contributed by atoms with Crippen molar-refractivity contribution in [1.29, 1.82) is 0 Å². The maximum absolute atomic E-state index is 12.5. The maximum atomic E-state index is 12.5. The lowest BCUT2D eigenvalue weighted by Gasteiger charge is -2.17. The van der Waals surface area contributed by atoms with Crippen LogP contribution in [-0.2, 0) is 11.0 Å². The SMILES string of the molecule is CCCCNC(=O)C(C)Oc1ccc(C(F)(F)F)cc1N. The van der Waals surface area contributed by atoms with Gasteiger partial charge in [0.15, 0.2) is 6.10 Å². The average molecular weight is 304 g/mol. The summed E-state index contributed by atoms with van der Waals surface area (Å²) in [5, 5.41) is 2.67. The van der Waals surface area contributed by atoms with Gasteiger partial charge in [-0.05, 0) is 31.5 Å². The van der Waals surface area contributed by atoms with Gasteiger partial charge in [0.25, 0.3) is 5.91 Å². The molecule has 1 amide bonds. The normalized spacial score (nSPS) is 12.8. The van der Waals surface area contributed by atoms with Crippen molar-refractivity contribution in [1.82, 2.24) is 5.32 Å². The van der Waals surface area contributed by atoms with Crippen LogP contribution in [0.15, 0.2) is 18.2 Å². The number of hydrogen-bond acceptors (Lipinski definition) is 3. The van der Waals surface area contributed by atoms with E-state index in [0.29, 0.717) is 6.54 Å². The van der Waals surface area contributed by atoms with Gasteiger partial charge >= 0.3 is 6.18 Å². The largest absolute Gasteiger partial charge is 0.479 e. The summed E-state index contributed by atoms with van der Waals surface area (Å²) in [4.78, 5) is 11.7. The summed E-state index contributed by atoms with van der Waals surface area (Å²) < 4.78 is 42.8. The summed E-state index contributed by atoms with van der Waals surface area (Å²) in [6, 6.07) is 2.78. The average Bonchev–Trinajstić information content (AvgIpc) is 2.39. The van der Waals surface area contributed by atoms with Crippen LogP contribution >= 0.6 is 0 Å². The van der Waals surface area contributed by atoms with Gasteiger partial charge in [0.05, 0.1) is 11.3 Å². The molecule has 3 N–H and O–H groups in total. The summed E-state index contributed by atoms with van der Waals surface area (Å²) in [5.41, 5.74) is 4.52. The van der Waals surface area contributed by atoms with E-state index in [1.54, 1.807) is 0 Å². The molecule has 0 radical (unpaired) electrons. The van der Waals surface area contributed by atoms with Crippen LogP contribution in [0.25, 0.3) is 0 Å². The van der Waals surface area contributed by atoms with E-state index < -0.39 is 17.8 Å². The van der Waals surface area contributed by atoms with Crippen molar-refractivity contribution in [2.45, 2.75) is 39.0 Å². The second-order valence-corrected chi connectivity index (χ2v) is 4.66. The fourth-order valence-corrected chi connectivity index (χ4v) is 1.61. The molecule has 0 aliphatic heterocycles. The molecule has 0 bridgehead atoms. The van der Waals surface area contributed by atoms with Crippen molar-refractivity contribution in [3.8, 4) is 5.75 Å². The number of rotatable bonds is 6. The van der Waals surface area contributed by atoms with Crippen LogP contribution in [-0.4, -0.2) is 18.6 Å². The molecule has 0 spiro atoms. The van der Waals surface area contributed by atoms with Crippen LogP contribution in [0, 0.1) is 0 Å². The second-order valence-electron chi connectivity index (χ2n) is 4.66. The van der Waals surface area contributed by atoms with Crippen LogP contribution in [0.5, 0.6) is 5.75 Å². The van der Waals surface area contributed by atoms with Gasteiger partial charge in [-0.1, -0.05) is 13.3 Å². The van der Waals surface area contributed by atoms with Gasteiger partial charge in [0.2, 0.25) is 0 Å². The molecule has 0 heterocycles. The number of amides is 1. The van der Waals surface area contributed by atoms with Crippen LogP contribution in [0.1, 0.15) is 32.3 Å². The summed E-state index contributed by atoms with van der Waals surface area (Å²) in [6.45, 7) is 4.04. The number of unbranched alkanes of at least 4 members (excludes halogenated alkanes) is 1. The topological polar surface area (TPSA) is 64.3 Å². The van der Waals surface area contributed by atoms with Crippen molar-refractivity contribution in [2.24, 2.45) is 0 Å². The van der Waals surface area contributed by atoms with E-state index in [1.807, 2.05) is 6.92 Å². The zero-order chi connectivity index (χ0) is 16.0. The Labute approximate surface area is 121 Å². The van der Waals surface area contributed by atoms with Gasteiger partial charge in [-0.15, -0.1) is 0 Å². The quantitative estimate of drug-likeness (QED) is 0.627. The lowest BCUT2D eigenvalue weighted by Crippen LogP contribution is -2.36. The number of nitrogens with one attached hydrogen (secondary N) is 1. The van der Waals surface area contributed by atoms with E-state index in [1.165, 1.54) is 6.92 Å². The third-order valence-corrected chi connectivity index (χ3v) is 2.84. The van der Waals surface area contributed by atoms with E-state index in [-0.39, 0.29) is 17.3 Å². The summed E-state index contributed by atoms with van der Waals surface area (Å²) in [6.07, 6.45) is -3.50. The number of anilines is 1. The van der Waals surface area contributed by atoms with Gasteiger partial charge < -0.3 is 15.8 Å². The molecule has 1 aromatic carbocycles. The van der Waals surface area contributed by atoms with E-state index in [9.17, 15) is 18.0 Å². The van der Waals surface area contributed by atoms with Crippen molar-refractivity contribution >= 4 is 11.6 Å². The molecule has 0 saturated heterocycles. The van der Waals surface area contributed by atoms with E-state index >= 15 is 0 Å². The monoisotopic (exact) mass is 304 g/mol. The fourth-order valence-electron chi connectivity index (χ4n) is 1.61. The highest BCUT2D eigenvalue weighted by atomic mass is 19.4. The first kappa shape index (κ1) is 17.1. The molecule has 0 fully saturated rings. The Kier molecular flexibility index (Phi) is 5.87. The Morgan fingerprint density at radius 1 is 1.43 bits per heavy atom. The lowest BCUT2D eigenvalue weighted by molar-refractivity contribution is -0.137. The molecule has 7 heteroatoms. The highest BCUT2D eigenvalue weighted by molar-refractivity contribution is 5.80. The predicted molar refractivity (Wildman–Crippen MR) is 73.9 cm³/mol. The maximum Gasteiger partial charge on any atom is 0.416 e. The van der Waals surface area contributed by atoms with E-state index in [4.69, 9.17) is 10.5 Å². The minimum atomic E-state index is -4.46.